The summed E-state index contributed by atoms with van der Waals surface area (Å²) in [5, 5.41) is 15.0. The van der Waals surface area contributed by atoms with Crippen LogP contribution >= 0.6 is 0 Å². The molecule has 1 aromatic rings. The van der Waals surface area contributed by atoms with Crippen LogP contribution in [0.1, 0.15) is 58.7 Å². The molecule has 0 saturated heterocycles. The maximum Gasteiger partial charge on any atom is 0.191 e. The van der Waals surface area contributed by atoms with Crippen molar-refractivity contribution in [2.24, 2.45) is 10.9 Å². The van der Waals surface area contributed by atoms with Gasteiger partial charge >= 0.3 is 0 Å². The zero-order chi connectivity index (χ0) is 19.0. The number of rotatable bonds is 14. The van der Waals surface area contributed by atoms with Gasteiger partial charge in [0.1, 0.15) is 12.2 Å². The molecule has 1 heterocycles. The van der Waals surface area contributed by atoms with E-state index in [9.17, 15) is 0 Å². The number of aryl methyl sites for hydroxylation is 1. The summed E-state index contributed by atoms with van der Waals surface area (Å²) in [5.74, 6) is 2.57. The summed E-state index contributed by atoms with van der Waals surface area (Å²) in [6.07, 6.45) is 8.63. The number of guanidine groups is 1. The molecule has 150 valence electrons. The summed E-state index contributed by atoms with van der Waals surface area (Å²) >= 11 is 0. The van der Waals surface area contributed by atoms with Crippen LogP contribution in [0, 0.1) is 5.92 Å². The van der Waals surface area contributed by atoms with Crippen molar-refractivity contribution in [2.75, 3.05) is 33.4 Å². The van der Waals surface area contributed by atoms with Crippen LogP contribution in [0.4, 0.5) is 0 Å². The van der Waals surface area contributed by atoms with Gasteiger partial charge in [-0.2, -0.15) is 0 Å². The van der Waals surface area contributed by atoms with Crippen LogP contribution in [0.5, 0.6) is 0 Å². The summed E-state index contributed by atoms with van der Waals surface area (Å²) in [7, 11) is 1.73. The fourth-order valence-corrected chi connectivity index (χ4v) is 2.77. The third kappa shape index (κ3) is 9.17. The second-order valence-electron chi connectivity index (χ2n) is 6.60. The molecular formula is C19H38N6O. The molecule has 1 unspecified atom stereocenters. The second kappa shape index (κ2) is 14.5. The number of nitrogens with one attached hydrogen (secondary N) is 2. The summed E-state index contributed by atoms with van der Waals surface area (Å²) in [5.41, 5.74) is 0. The van der Waals surface area contributed by atoms with Crippen LogP contribution in [0.3, 0.4) is 0 Å². The van der Waals surface area contributed by atoms with Crippen LogP contribution in [0.15, 0.2) is 11.3 Å². The molecule has 7 nitrogen and oxygen atoms in total. The number of methoxy groups -OCH3 is 1. The van der Waals surface area contributed by atoms with Crippen LogP contribution in [0.2, 0.25) is 0 Å². The highest BCUT2D eigenvalue weighted by atomic mass is 16.5. The molecule has 1 aromatic heterocycles. The Morgan fingerprint density at radius 2 is 2.04 bits per heavy atom. The van der Waals surface area contributed by atoms with E-state index in [1.807, 2.05) is 0 Å². The predicted molar refractivity (Wildman–Crippen MR) is 108 cm³/mol. The molecule has 0 fully saturated rings. The molecule has 0 aliphatic rings. The van der Waals surface area contributed by atoms with E-state index in [2.05, 4.69) is 46.2 Å². The third-order valence-electron chi connectivity index (χ3n) is 4.53. The molecule has 1 atom stereocenters. The van der Waals surface area contributed by atoms with Crippen LogP contribution in [-0.4, -0.2) is 54.1 Å². The monoisotopic (exact) mass is 366 g/mol. The maximum absolute atomic E-state index is 5.12. The molecule has 26 heavy (non-hydrogen) atoms. The number of ether oxygens (including phenoxy) is 1. The van der Waals surface area contributed by atoms with Gasteiger partial charge in [0.15, 0.2) is 5.96 Å². The topological polar surface area (TPSA) is 76.4 Å². The van der Waals surface area contributed by atoms with Crippen molar-refractivity contribution in [3.8, 4) is 0 Å². The zero-order valence-corrected chi connectivity index (χ0v) is 17.1. The Hall–Kier alpha value is -1.63. The van der Waals surface area contributed by atoms with Crippen molar-refractivity contribution >= 4 is 5.96 Å². The first kappa shape index (κ1) is 22.4. The molecule has 0 bridgehead atoms. The van der Waals surface area contributed by atoms with E-state index in [0.717, 1.165) is 57.4 Å². The van der Waals surface area contributed by atoms with E-state index in [1.165, 1.54) is 25.7 Å². The van der Waals surface area contributed by atoms with Crippen molar-refractivity contribution in [1.29, 1.82) is 0 Å². The van der Waals surface area contributed by atoms with E-state index >= 15 is 0 Å². The lowest BCUT2D eigenvalue weighted by atomic mass is 10.00. The number of unbranched alkanes of at least 4 members (excludes halogenated alkanes) is 1. The minimum absolute atomic E-state index is 0.664. The van der Waals surface area contributed by atoms with Gasteiger partial charge in [0.25, 0.3) is 0 Å². The van der Waals surface area contributed by atoms with Gasteiger partial charge in [-0.25, -0.2) is 0 Å². The molecule has 2 N–H and O–H groups in total. The normalized spacial score (nSPS) is 13.0. The van der Waals surface area contributed by atoms with Crippen LogP contribution < -0.4 is 10.6 Å². The Labute approximate surface area is 159 Å². The van der Waals surface area contributed by atoms with E-state index in [4.69, 9.17) is 9.73 Å². The standard InChI is InChI=1S/C19H38N6O/c1-5-8-10-17(6-2)15-22-19(20-11-9-14-26-4)21-12-13-25-16-23-24-18(25)7-3/h16-17H,5-15H2,1-4H3,(H2,20,21,22). The second-order valence-corrected chi connectivity index (χ2v) is 6.60. The fourth-order valence-electron chi connectivity index (χ4n) is 2.77. The van der Waals surface area contributed by atoms with Crippen molar-refractivity contribution in [3.05, 3.63) is 12.2 Å². The number of hydrogen-bond donors (Lipinski definition) is 2. The smallest absolute Gasteiger partial charge is 0.191 e. The van der Waals surface area contributed by atoms with Crippen LogP contribution in [0.25, 0.3) is 0 Å². The number of aromatic nitrogens is 3. The predicted octanol–water partition coefficient (Wildman–Crippen LogP) is 2.63. The molecule has 0 aliphatic carbocycles. The lowest BCUT2D eigenvalue weighted by Crippen LogP contribution is -2.40. The zero-order valence-electron chi connectivity index (χ0n) is 17.1. The maximum atomic E-state index is 5.12. The summed E-state index contributed by atoms with van der Waals surface area (Å²) < 4.78 is 7.21. The lowest BCUT2D eigenvalue weighted by molar-refractivity contribution is 0.195. The minimum atomic E-state index is 0.664. The Kier molecular flexibility index (Phi) is 12.5. The van der Waals surface area contributed by atoms with E-state index in [1.54, 1.807) is 13.4 Å². The Balaban J connectivity index is 2.51. The average molecular weight is 367 g/mol. The Morgan fingerprint density at radius 3 is 2.73 bits per heavy atom. The van der Waals surface area contributed by atoms with Crippen molar-refractivity contribution in [3.63, 3.8) is 0 Å². The third-order valence-corrected chi connectivity index (χ3v) is 4.53. The fraction of sp³-hybridized carbons (Fsp3) is 0.842. The SMILES string of the molecule is CCCCC(CC)CN=C(NCCCOC)NCCn1cnnc1CC. The molecule has 0 spiro atoms. The van der Waals surface area contributed by atoms with Gasteiger partial charge in [-0.1, -0.05) is 40.0 Å². The first-order chi connectivity index (χ1) is 12.7. The Bertz CT molecular complexity index is 488. The molecule has 0 radical (unpaired) electrons. The highest BCUT2D eigenvalue weighted by molar-refractivity contribution is 5.79. The van der Waals surface area contributed by atoms with Gasteiger partial charge in [-0.05, 0) is 18.8 Å². The molecule has 0 aliphatic heterocycles. The van der Waals surface area contributed by atoms with Gasteiger partial charge in [-0.15, -0.1) is 10.2 Å². The molecule has 7 heteroatoms. The number of hydrogen-bond acceptors (Lipinski definition) is 4. The molecule has 0 saturated carbocycles. The van der Waals surface area contributed by atoms with Crippen molar-refractivity contribution in [2.45, 2.75) is 65.8 Å². The van der Waals surface area contributed by atoms with Crippen molar-refractivity contribution in [1.82, 2.24) is 25.4 Å². The van der Waals surface area contributed by atoms with Gasteiger partial charge < -0.3 is 19.9 Å². The average Bonchev–Trinajstić information content (AvgIpc) is 3.12. The Morgan fingerprint density at radius 1 is 1.23 bits per heavy atom. The highest BCUT2D eigenvalue weighted by Gasteiger charge is 2.07. The lowest BCUT2D eigenvalue weighted by Gasteiger charge is -2.16. The quantitative estimate of drug-likeness (QED) is 0.301. The van der Waals surface area contributed by atoms with Gasteiger partial charge in [-0.3, -0.25) is 4.99 Å². The van der Waals surface area contributed by atoms with E-state index in [-0.39, 0.29) is 0 Å². The molecule has 0 aromatic carbocycles. The number of aliphatic imine (C=N–C) groups is 1. The van der Waals surface area contributed by atoms with Crippen LogP contribution in [-0.2, 0) is 17.7 Å². The molecule has 0 amide bonds. The summed E-state index contributed by atoms with van der Waals surface area (Å²) in [6.45, 7) is 10.7. The van der Waals surface area contributed by atoms with Gasteiger partial charge in [0.2, 0.25) is 0 Å². The van der Waals surface area contributed by atoms with E-state index in [0.29, 0.717) is 5.92 Å². The van der Waals surface area contributed by atoms with Crippen molar-refractivity contribution < 1.29 is 4.74 Å². The molecular weight excluding hydrogens is 328 g/mol. The van der Waals surface area contributed by atoms with Gasteiger partial charge in [0.05, 0.1) is 0 Å². The number of nitrogens with zero attached hydrogens (tertiary/aromatic N) is 4. The highest BCUT2D eigenvalue weighted by Crippen LogP contribution is 2.12. The molecule has 1 rings (SSSR count). The first-order valence-electron chi connectivity index (χ1n) is 10.1. The first-order valence-corrected chi connectivity index (χ1v) is 10.1. The van der Waals surface area contributed by atoms with E-state index < -0.39 is 0 Å². The van der Waals surface area contributed by atoms with Gasteiger partial charge in [0, 0.05) is 46.3 Å². The largest absolute Gasteiger partial charge is 0.385 e. The minimum Gasteiger partial charge on any atom is -0.385 e. The summed E-state index contributed by atoms with van der Waals surface area (Å²) in [4.78, 5) is 4.82. The summed E-state index contributed by atoms with van der Waals surface area (Å²) in [6, 6.07) is 0.